The van der Waals surface area contributed by atoms with Crippen molar-refractivity contribution in [3.63, 3.8) is 0 Å². The van der Waals surface area contributed by atoms with Gasteiger partial charge in [-0.3, -0.25) is 0 Å². The third-order valence-corrected chi connectivity index (χ3v) is 1.05. The average molecular weight is 141 g/mol. The van der Waals surface area contributed by atoms with E-state index in [2.05, 4.69) is 22.9 Å². The summed E-state index contributed by atoms with van der Waals surface area (Å²) in [5.41, 5.74) is 5.47. The van der Waals surface area contributed by atoms with Crippen LogP contribution in [0.1, 0.15) is 26.7 Å². The van der Waals surface area contributed by atoms with Crippen molar-refractivity contribution >= 4 is 6.01 Å². The van der Waals surface area contributed by atoms with Crippen molar-refractivity contribution in [3.05, 3.63) is 0 Å². The van der Waals surface area contributed by atoms with Crippen LogP contribution in [0.4, 0.5) is 0 Å². The molecule has 0 fully saturated rings. The number of rotatable bonds is 4. The van der Waals surface area contributed by atoms with Crippen molar-refractivity contribution in [2.45, 2.75) is 32.9 Å². The van der Waals surface area contributed by atoms with Crippen LogP contribution in [-0.4, -0.2) is 18.7 Å². The molecule has 0 aliphatic carbocycles. The lowest BCUT2D eigenvalue weighted by molar-refractivity contribution is 0.687. The Bertz CT molecular complexity index is 125. The van der Waals surface area contributed by atoms with Gasteiger partial charge in [-0.25, -0.2) is 9.98 Å². The summed E-state index contributed by atoms with van der Waals surface area (Å²) in [6.45, 7) is 4.83. The molecule has 0 amide bonds. The zero-order valence-corrected chi connectivity index (χ0v) is 6.67. The molecule has 3 nitrogen and oxygen atoms in total. The van der Waals surface area contributed by atoms with Crippen molar-refractivity contribution in [1.82, 2.24) is 0 Å². The summed E-state index contributed by atoms with van der Waals surface area (Å²) in [6.07, 6.45) is 1.75. The summed E-state index contributed by atoms with van der Waals surface area (Å²) in [6, 6.07) is 2.56. The summed E-state index contributed by atoms with van der Waals surface area (Å²) in [7, 11) is 0. The molecular formula is C7H15N3. The summed E-state index contributed by atoms with van der Waals surface area (Å²) >= 11 is 0. The van der Waals surface area contributed by atoms with E-state index in [4.69, 9.17) is 5.73 Å². The first kappa shape index (κ1) is 9.34. The van der Waals surface area contributed by atoms with Crippen LogP contribution in [-0.2, 0) is 0 Å². The first-order chi connectivity index (χ1) is 4.81. The van der Waals surface area contributed by atoms with Gasteiger partial charge in [-0.2, -0.15) is 0 Å². The maximum absolute atomic E-state index is 5.47. The van der Waals surface area contributed by atoms with Gasteiger partial charge in [0.25, 0.3) is 0 Å². The van der Waals surface area contributed by atoms with E-state index in [0.717, 1.165) is 19.4 Å². The number of hydrogen-bond acceptors (Lipinski definition) is 3. The molecule has 0 aliphatic heterocycles. The van der Waals surface area contributed by atoms with Gasteiger partial charge in [0.05, 0.1) is 6.01 Å². The van der Waals surface area contributed by atoms with Crippen molar-refractivity contribution in [3.8, 4) is 0 Å². The Morgan fingerprint density at radius 3 is 2.70 bits per heavy atom. The number of hydrogen-bond donors (Lipinski definition) is 1. The summed E-state index contributed by atoms with van der Waals surface area (Å²) in [4.78, 5) is 7.72. The van der Waals surface area contributed by atoms with Gasteiger partial charge in [-0.05, 0) is 12.8 Å². The highest BCUT2D eigenvalue weighted by atomic mass is 14.9. The minimum absolute atomic E-state index is 0.124. The average Bonchev–Trinajstić information content (AvgIpc) is 1.98. The molecule has 0 spiro atoms. The Balaban J connectivity index is 3.51. The zero-order chi connectivity index (χ0) is 7.82. The Labute approximate surface area is 62.1 Å². The van der Waals surface area contributed by atoms with Crippen molar-refractivity contribution in [1.29, 1.82) is 0 Å². The maximum atomic E-state index is 5.47. The van der Waals surface area contributed by atoms with Crippen LogP contribution in [0.15, 0.2) is 9.98 Å². The molecule has 0 rings (SSSR count). The Hall–Kier alpha value is -0.660. The molecule has 0 aromatic rings. The highest BCUT2D eigenvalue weighted by Crippen LogP contribution is 1.83. The van der Waals surface area contributed by atoms with E-state index in [9.17, 15) is 0 Å². The van der Waals surface area contributed by atoms with Crippen LogP contribution in [0.2, 0.25) is 0 Å². The maximum Gasteiger partial charge on any atom is 0.108 e. The summed E-state index contributed by atoms with van der Waals surface area (Å²) in [5.74, 6) is 0. The van der Waals surface area contributed by atoms with Crippen LogP contribution in [0, 0.1) is 0 Å². The second kappa shape index (κ2) is 6.46. The van der Waals surface area contributed by atoms with Crippen LogP contribution in [0.5, 0.6) is 0 Å². The Morgan fingerprint density at radius 1 is 1.50 bits per heavy atom. The molecule has 0 heterocycles. The third kappa shape index (κ3) is 5.48. The lowest BCUT2D eigenvalue weighted by Crippen LogP contribution is -2.14. The molecule has 0 aliphatic rings. The van der Waals surface area contributed by atoms with Crippen LogP contribution in [0.3, 0.4) is 0 Å². The van der Waals surface area contributed by atoms with E-state index >= 15 is 0 Å². The molecule has 0 saturated carbocycles. The van der Waals surface area contributed by atoms with E-state index in [1.807, 2.05) is 6.92 Å². The van der Waals surface area contributed by atoms with Crippen molar-refractivity contribution < 1.29 is 0 Å². The Kier molecular flexibility index (Phi) is 6.03. The van der Waals surface area contributed by atoms with Gasteiger partial charge in [-0.15, -0.1) is 0 Å². The fourth-order valence-corrected chi connectivity index (χ4v) is 0.368. The number of nitrogens with two attached hydrogens (primary N) is 1. The topological polar surface area (TPSA) is 50.7 Å². The number of nitrogens with zero attached hydrogens (tertiary/aromatic N) is 2. The largest absolute Gasteiger partial charge is 0.309 e. The molecule has 2 N–H and O–H groups in total. The van der Waals surface area contributed by atoms with Crippen molar-refractivity contribution in [2.24, 2.45) is 15.7 Å². The molecule has 0 aromatic heterocycles. The molecule has 1 atom stereocenters. The minimum Gasteiger partial charge on any atom is -0.309 e. The van der Waals surface area contributed by atoms with Gasteiger partial charge in [-0.1, -0.05) is 13.8 Å². The van der Waals surface area contributed by atoms with Gasteiger partial charge in [0, 0.05) is 6.54 Å². The first-order valence-corrected chi connectivity index (χ1v) is 3.68. The van der Waals surface area contributed by atoms with E-state index in [0.29, 0.717) is 0 Å². The molecule has 10 heavy (non-hydrogen) atoms. The van der Waals surface area contributed by atoms with Gasteiger partial charge >= 0.3 is 0 Å². The van der Waals surface area contributed by atoms with Gasteiger partial charge in [0.2, 0.25) is 0 Å². The molecule has 3 heteroatoms. The quantitative estimate of drug-likeness (QED) is 0.589. The van der Waals surface area contributed by atoms with Gasteiger partial charge in [0.1, 0.15) is 6.17 Å². The van der Waals surface area contributed by atoms with Gasteiger partial charge in [0.15, 0.2) is 0 Å². The fraction of sp³-hybridized carbons (Fsp3) is 0.857. The lowest BCUT2D eigenvalue weighted by atomic mass is 10.4. The zero-order valence-electron chi connectivity index (χ0n) is 6.67. The Morgan fingerprint density at radius 2 is 2.20 bits per heavy atom. The summed E-state index contributed by atoms with van der Waals surface area (Å²) < 4.78 is 0. The van der Waals surface area contributed by atoms with E-state index in [-0.39, 0.29) is 6.17 Å². The molecule has 0 aromatic carbocycles. The predicted octanol–water partition coefficient (Wildman–Crippen LogP) is 1.27. The fourth-order valence-electron chi connectivity index (χ4n) is 0.368. The highest BCUT2D eigenvalue weighted by Gasteiger charge is 1.88. The minimum atomic E-state index is -0.124. The standard InChI is InChI=1S/C7H15N3/c1-3-5-9-6-10-7(8)4-2/h7H,3-5,8H2,1-2H3. The van der Waals surface area contributed by atoms with Gasteiger partial charge < -0.3 is 5.73 Å². The molecule has 0 bridgehead atoms. The van der Waals surface area contributed by atoms with E-state index < -0.39 is 0 Å². The summed E-state index contributed by atoms with van der Waals surface area (Å²) in [5, 5.41) is 0. The third-order valence-electron chi connectivity index (χ3n) is 1.05. The number of aliphatic imine (C=N–C) groups is 2. The monoisotopic (exact) mass is 141 g/mol. The molecule has 0 saturated heterocycles. The van der Waals surface area contributed by atoms with Crippen molar-refractivity contribution in [2.75, 3.05) is 6.54 Å². The normalized spacial score (nSPS) is 11.9. The lowest BCUT2D eigenvalue weighted by Gasteiger charge is -1.94. The molecule has 1 unspecified atom stereocenters. The van der Waals surface area contributed by atoms with Crippen LogP contribution >= 0.6 is 0 Å². The smallest absolute Gasteiger partial charge is 0.108 e. The van der Waals surface area contributed by atoms with E-state index in [1.54, 1.807) is 0 Å². The molecule has 0 radical (unpaired) electrons. The van der Waals surface area contributed by atoms with Crippen LogP contribution < -0.4 is 5.73 Å². The second-order valence-electron chi connectivity index (χ2n) is 2.09. The SMILES string of the molecule is CCCN=C=NC(N)CC. The highest BCUT2D eigenvalue weighted by molar-refractivity contribution is 5.41. The van der Waals surface area contributed by atoms with Crippen LogP contribution in [0.25, 0.3) is 0 Å². The molecular weight excluding hydrogens is 126 g/mol. The molecule has 58 valence electrons. The van der Waals surface area contributed by atoms with E-state index in [1.165, 1.54) is 0 Å². The predicted molar refractivity (Wildman–Crippen MR) is 43.3 cm³/mol. The first-order valence-electron chi connectivity index (χ1n) is 3.68. The second-order valence-corrected chi connectivity index (χ2v) is 2.09.